The summed E-state index contributed by atoms with van der Waals surface area (Å²) < 4.78 is 23.6. The molecule has 41 heavy (non-hydrogen) atoms. The summed E-state index contributed by atoms with van der Waals surface area (Å²) in [7, 11) is 3.78. The largest absolute Gasteiger partial charge is 0.490 e. The zero-order valence-corrected chi connectivity index (χ0v) is 24.5. The van der Waals surface area contributed by atoms with Crippen molar-refractivity contribution >= 4 is 6.29 Å². The van der Waals surface area contributed by atoms with Gasteiger partial charge in [0.05, 0.1) is 30.2 Å². The lowest BCUT2D eigenvalue weighted by atomic mass is 10.0. The molecule has 0 spiro atoms. The topological polar surface area (TPSA) is 95.1 Å². The van der Waals surface area contributed by atoms with E-state index in [0.717, 1.165) is 30.9 Å². The van der Waals surface area contributed by atoms with Gasteiger partial charge in [-0.15, -0.1) is 0 Å². The summed E-state index contributed by atoms with van der Waals surface area (Å²) in [6, 6.07) is 9.69. The van der Waals surface area contributed by atoms with Crippen molar-refractivity contribution in [2.75, 3.05) is 13.6 Å². The third-order valence-electron chi connectivity index (χ3n) is 6.04. The summed E-state index contributed by atoms with van der Waals surface area (Å²) in [6.45, 7) is 13.4. The highest BCUT2D eigenvalue weighted by Crippen LogP contribution is 2.37. The summed E-state index contributed by atoms with van der Waals surface area (Å²) in [5, 5.41) is 4.83. The quantitative estimate of drug-likeness (QED) is 0.238. The van der Waals surface area contributed by atoms with Crippen LogP contribution in [0.15, 0.2) is 66.2 Å². The van der Waals surface area contributed by atoms with E-state index in [9.17, 15) is 9.18 Å². The van der Waals surface area contributed by atoms with Gasteiger partial charge in [-0.05, 0) is 51.2 Å². The van der Waals surface area contributed by atoms with E-state index < -0.39 is 0 Å². The number of hydrogen-bond donors (Lipinski definition) is 0. The van der Waals surface area contributed by atoms with Gasteiger partial charge in [-0.25, -0.2) is 9.37 Å². The monoisotopic (exact) mass is 560 g/mol. The molecule has 0 fully saturated rings. The lowest BCUT2D eigenvalue weighted by Gasteiger charge is -2.22. The van der Waals surface area contributed by atoms with Crippen molar-refractivity contribution in [3.63, 3.8) is 0 Å². The number of aryl methyl sites for hydroxylation is 1. The summed E-state index contributed by atoms with van der Waals surface area (Å²) in [5.74, 6) is 0.00957. The highest BCUT2D eigenvalue weighted by atomic mass is 19.1. The molecule has 3 aromatic heterocycles. The molecule has 4 aromatic rings. The van der Waals surface area contributed by atoms with E-state index in [1.165, 1.54) is 28.8 Å². The Morgan fingerprint density at radius 1 is 1.05 bits per heavy atom. The highest BCUT2D eigenvalue weighted by Gasteiger charge is 2.23. The molecule has 9 nitrogen and oxygen atoms in total. The third-order valence-corrected chi connectivity index (χ3v) is 6.04. The van der Waals surface area contributed by atoms with Crippen LogP contribution in [0.1, 0.15) is 33.4 Å². The molecule has 0 saturated heterocycles. The van der Waals surface area contributed by atoms with E-state index in [2.05, 4.69) is 18.5 Å². The summed E-state index contributed by atoms with van der Waals surface area (Å²) in [4.78, 5) is 32.9. The van der Waals surface area contributed by atoms with Crippen LogP contribution in [0.5, 0.6) is 5.75 Å². The number of fused-ring (bicyclic) bond motifs is 1. The zero-order chi connectivity index (χ0) is 30.1. The predicted molar refractivity (Wildman–Crippen MR) is 159 cm³/mol. The standard InChI is InChI=1S/C26H27FN6O2.C3H4O.C2H6/c1-16(2)35-23-11-18(27)6-7-20(23)25-26(21-12-19-15-31(3)9-10-33(19)30-21)29-22(13-28-25)17-5-8-24(34)32(4)14-17;1-2-3-4;1-2/h5-8,11-14,16H,9-10,15H2,1-4H3;2-3H,1H2;1-2H3. The first kappa shape index (κ1) is 31.1. The van der Waals surface area contributed by atoms with E-state index in [-0.39, 0.29) is 17.5 Å². The summed E-state index contributed by atoms with van der Waals surface area (Å²) in [5.41, 5.74) is 4.80. The molecule has 1 aliphatic heterocycles. The minimum atomic E-state index is -0.388. The molecule has 0 radical (unpaired) electrons. The molecule has 10 heteroatoms. The maximum Gasteiger partial charge on any atom is 0.250 e. The molecule has 0 N–H and O–H groups in total. The number of benzene rings is 1. The first-order chi connectivity index (χ1) is 19.7. The lowest BCUT2D eigenvalue weighted by Crippen LogP contribution is -2.30. The van der Waals surface area contributed by atoms with Crippen molar-refractivity contribution in [3.05, 3.63) is 83.3 Å². The molecule has 5 rings (SSSR count). The Morgan fingerprint density at radius 2 is 1.78 bits per heavy atom. The molecule has 0 atom stereocenters. The Bertz CT molecular complexity index is 1550. The number of aromatic nitrogens is 5. The SMILES string of the molecule is C=CC=O.CC.CC(C)Oc1cc(F)ccc1-c1ncc(-c2ccc(=O)n(C)c2)nc1-c1cc2n(n1)CCN(C)C2. The number of likely N-dealkylation sites (N-methyl/N-ethyl adjacent to an activating group) is 1. The van der Waals surface area contributed by atoms with Crippen LogP contribution < -0.4 is 10.3 Å². The predicted octanol–water partition coefficient (Wildman–Crippen LogP) is 5.14. The van der Waals surface area contributed by atoms with Gasteiger partial charge in [-0.2, -0.15) is 5.10 Å². The Hall–Kier alpha value is -4.44. The Balaban J connectivity index is 0.000000710. The van der Waals surface area contributed by atoms with Gasteiger partial charge >= 0.3 is 0 Å². The van der Waals surface area contributed by atoms with Crippen molar-refractivity contribution in [2.24, 2.45) is 7.05 Å². The van der Waals surface area contributed by atoms with Gasteiger partial charge in [-0.1, -0.05) is 20.4 Å². The smallest absolute Gasteiger partial charge is 0.250 e. The molecular weight excluding hydrogens is 523 g/mol. The van der Waals surface area contributed by atoms with E-state index in [0.29, 0.717) is 40.4 Å². The molecular formula is C31H37FN6O3. The number of rotatable bonds is 6. The van der Waals surface area contributed by atoms with Gasteiger partial charge in [0.2, 0.25) is 5.56 Å². The number of allylic oxidation sites excluding steroid dienone is 1. The molecule has 1 aliphatic rings. The lowest BCUT2D eigenvalue weighted by molar-refractivity contribution is -0.104. The minimum absolute atomic E-state index is 0.105. The number of carbonyl (C=O) groups is 1. The Morgan fingerprint density at radius 3 is 2.44 bits per heavy atom. The number of carbonyl (C=O) groups excluding carboxylic acids is 1. The molecule has 0 aliphatic carbocycles. The van der Waals surface area contributed by atoms with Crippen LogP contribution in [-0.4, -0.2) is 55.2 Å². The molecule has 216 valence electrons. The number of aldehydes is 1. The van der Waals surface area contributed by atoms with E-state index in [1.807, 2.05) is 38.4 Å². The zero-order valence-electron chi connectivity index (χ0n) is 24.5. The molecule has 0 unspecified atom stereocenters. The second kappa shape index (κ2) is 14.3. The maximum absolute atomic E-state index is 14.1. The van der Waals surface area contributed by atoms with Crippen LogP contribution in [0.3, 0.4) is 0 Å². The van der Waals surface area contributed by atoms with E-state index >= 15 is 0 Å². The number of ether oxygens (including phenoxy) is 1. The second-order valence-corrected chi connectivity index (χ2v) is 9.48. The van der Waals surface area contributed by atoms with Crippen LogP contribution in [0.4, 0.5) is 4.39 Å². The van der Waals surface area contributed by atoms with Gasteiger partial charge in [0, 0.05) is 49.6 Å². The van der Waals surface area contributed by atoms with Crippen LogP contribution in [-0.2, 0) is 24.9 Å². The Kier molecular flexibility index (Phi) is 10.8. The van der Waals surface area contributed by atoms with Crippen molar-refractivity contribution < 1.29 is 13.9 Å². The number of hydrogen-bond acceptors (Lipinski definition) is 7. The fourth-order valence-corrected chi connectivity index (χ4v) is 4.21. The maximum atomic E-state index is 14.1. The van der Waals surface area contributed by atoms with Crippen LogP contribution in [0, 0.1) is 5.82 Å². The minimum Gasteiger partial charge on any atom is -0.490 e. The number of pyridine rings is 1. The van der Waals surface area contributed by atoms with Crippen molar-refractivity contribution in [1.82, 2.24) is 29.2 Å². The van der Waals surface area contributed by atoms with Gasteiger partial charge < -0.3 is 9.30 Å². The highest BCUT2D eigenvalue weighted by molar-refractivity contribution is 5.81. The van der Waals surface area contributed by atoms with Gasteiger partial charge in [-0.3, -0.25) is 24.2 Å². The van der Waals surface area contributed by atoms with Gasteiger partial charge in [0.1, 0.15) is 34.9 Å². The third kappa shape index (κ3) is 7.61. The summed E-state index contributed by atoms with van der Waals surface area (Å²) >= 11 is 0. The van der Waals surface area contributed by atoms with Gasteiger partial charge in [0.25, 0.3) is 0 Å². The first-order valence-corrected chi connectivity index (χ1v) is 13.5. The number of halogens is 1. The van der Waals surface area contributed by atoms with Crippen molar-refractivity contribution in [1.29, 1.82) is 0 Å². The molecule has 4 heterocycles. The molecule has 1 aromatic carbocycles. The molecule has 0 saturated carbocycles. The van der Waals surface area contributed by atoms with Crippen LogP contribution in [0.2, 0.25) is 0 Å². The van der Waals surface area contributed by atoms with Gasteiger partial charge in [0.15, 0.2) is 0 Å². The van der Waals surface area contributed by atoms with E-state index in [4.69, 9.17) is 24.6 Å². The van der Waals surface area contributed by atoms with Crippen molar-refractivity contribution in [2.45, 2.75) is 46.9 Å². The molecule has 0 amide bonds. The van der Waals surface area contributed by atoms with Crippen LogP contribution in [0.25, 0.3) is 33.9 Å². The summed E-state index contributed by atoms with van der Waals surface area (Å²) in [6.07, 6.45) is 5.08. The molecule has 0 bridgehead atoms. The first-order valence-electron chi connectivity index (χ1n) is 13.5. The number of nitrogens with zero attached hydrogens (tertiary/aromatic N) is 6. The average molecular weight is 561 g/mol. The van der Waals surface area contributed by atoms with E-state index in [1.54, 1.807) is 31.6 Å². The van der Waals surface area contributed by atoms with Crippen LogP contribution >= 0.6 is 0 Å². The fraction of sp³-hybridized carbons (Fsp3) is 0.323. The fourth-order valence-electron chi connectivity index (χ4n) is 4.21. The normalized spacial score (nSPS) is 12.4. The average Bonchev–Trinajstić information content (AvgIpc) is 3.38. The Labute approximate surface area is 240 Å². The second-order valence-electron chi connectivity index (χ2n) is 9.48. The van der Waals surface area contributed by atoms with Crippen molar-refractivity contribution in [3.8, 4) is 39.7 Å².